The van der Waals surface area contributed by atoms with Crippen LogP contribution < -0.4 is 16.0 Å². The number of hydrazine groups is 1. The van der Waals surface area contributed by atoms with Crippen molar-refractivity contribution in [3.63, 3.8) is 0 Å². The van der Waals surface area contributed by atoms with E-state index in [9.17, 15) is 4.79 Å². The molecular weight excluding hydrogens is 248 g/mol. The number of rotatable bonds is 3. The van der Waals surface area contributed by atoms with Crippen LogP contribution in [-0.2, 0) is 4.79 Å². The molecule has 1 aromatic rings. The quantitative estimate of drug-likeness (QED) is 0.487. The predicted molar refractivity (Wildman–Crippen MR) is 56.6 cm³/mol. The van der Waals surface area contributed by atoms with Crippen molar-refractivity contribution < 1.29 is 9.53 Å². The summed E-state index contributed by atoms with van der Waals surface area (Å²) >= 11 is 3.30. The molecule has 0 aliphatic heterocycles. The average molecular weight is 259 g/mol. The molecule has 0 fully saturated rings. The number of carbonyl (C=O) groups is 1. The maximum absolute atomic E-state index is 11.0. The number of nitrogens with two attached hydrogens (primary N) is 1. The Morgan fingerprint density at radius 2 is 2.07 bits per heavy atom. The van der Waals surface area contributed by atoms with Crippen LogP contribution in [0.3, 0.4) is 0 Å². The van der Waals surface area contributed by atoms with Crippen molar-refractivity contribution in [2.24, 2.45) is 5.84 Å². The van der Waals surface area contributed by atoms with E-state index in [-0.39, 0.29) is 5.91 Å². The molecule has 76 valence electrons. The van der Waals surface area contributed by atoms with Crippen LogP contribution in [0.1, 0.15) is 6.92 Å². The zero-order chi connectivity index (χ0) is 10.6. The summed E-state index contributed by atoms with van der Waals surface area (Å²) in [6, 6.07) is 7.21. The molecule has 0 aliphatic rings. The van der Waals surface area contributed by atoms with Crippen LogP contribution >= 0.6 is 15.9 Å². The fourth-order valence-electron chi connectivity index (χ4n) is 0.888. The van der Waals surface area contributed by atoms with Gasteiger partial charge >= 0.3 is 0 Å². The molecule has 1 unspecified atom stereocenters. The van der Waals surface area contributed by atoms with Crippen molar-refractivity contribution in [2.45, 2.75) is 13.0 Å². The zero-order valence-electron chi connectivity index (χ0n) is 7.66. The van der Waals surface area contributed by atoms with Crippen molar-refractivity contribution in [2.75, 3.05) is 0 Å². The molecule has 1 amide bonds. The van der Waals surface area contributed by atoms with Crippen LogP contribution in [0.2, 0.25) is 0 Å². The van der Waals surface area contributed by atoms with Crippen molar-refractivity contribution in [1.82, 2.24) is 5.43 Å². The second-order valence-electron chi connectivity index (χ2n) is 2.72. The highest BCUT2D eigenvalue weighted by Gasteiger charge is 2.12. The van der Waals surface area contributed by atoms with Gasteiger partial charge in [0.1, 0.15) is 5.75 Å². The van der Waals surface area contributed by atoms with E-state index in [4.69, 9.17) is 10.6 Å². The standard InChI is InChI=1S/C9H11BrN2O2/c1-6(9(13)12-11)14-8-4-2-7(10)3-5-8/h2-6H,11H2,1H3,(H,12,13). The summed E-state index contributed by atoms with van der Waals surface area (Å²) in [6.45, 7) is 1.63. The predicted octanol–water partition coefficient (Wildman–Crippen LogP) is 1.21. The molecule has 0 aromatic heterocycles. The second kappa shape index (κ2) is 4.97. The van der Waals surface area contributed by atoms with Gasteiger partial charge in [0.2, 0.25) is 0 Å². The van der Waals surface area contributed by atoms with Gasteiger partial charge in [0.25, 0.3) is 5.91 Å². The molecule has 14 heavy (non-hydrogen) atoms. The van der Waals surface area contributed by atoms with E-state index in [0.717, 1.165) is 4.47 Å². The van der Waals surface area contributed by atoms with Gasteiger partial charge in [-0.2, -0.15) is 0 Å². The van der Waals surface area contributed by atoms with Gasteiger partial charge in [-0.1, -0.05) is 15.9 Å². The first-order valence-electron chi connectivity index (χ1n) is 4.06. The minimum atomic E-state index is -0.596. The molecular formula is C9H11BrN2O2. The van der Waals surface area contributed by atoms with Crippen molar-refractivity contribution in [3.8, 4) is 5.75 Å². The number of hydrogen-bond acceptors (Lipinski definition) is 3. The van der Waals surface area contributed by atoms with E-state index in [0.29, 0.717) is 5.75 Å². The Balaban J connectivity index is 2.60. The van der Waals surface area contributed by atoms with E-state index in [2.05, 4.69) is 15.9 Å². The van der Waals surface area contributed by atoms with Gasteiger partial charge in [-0.15, -0.1) is 0 Å². The van der Waals surface area contributed by atoms with Gasteiger partial charge in [-0.05, 0) is 31.2 Å². The lowest BCUT2D eigenvalue weighted by Gasteiger charge is -2.12. The molecule has 5 heteroatoms. The summed E-state index contributed by atoms with van der Waals surface area (Å²) in [7, 11) is 0. The monoisotopic (exact) mass is 258 g/mol. The lowest BCUT2D eigenvalue weighted by molar-refractivity contribution is -0.127. The third-order valence-corrected chi connectivity index (χ3v) is 2.17. The number of hydrogen-bond donors (Lipinski definition) is 2. The van der Waals surface area contributed by atoms with Gasteiger partial charge in [0.15, 0.2) is 6.10 Å². The fraction of sp³-hybridized carbons (Fsp3) is 0.222. The van der Waals surface area contributed by atoms with Gasteiger partial charge in [-0.25, -0.2) is 5.84 Å². The van der Waals surface area contributed by atoms with Gasteiger partial charge < -0.3 is 4.74 Å². The summed E-state index contributed by atoms with van der Waals surface area (Å²) < 4.78 is 6.27. The minimum Gasteiger partial charge on any atom is -0.481 e. The van der Waals surface area contributed by atoms with Crippen molar-refractivity contribution >= 4 is 21.8 Å². The molecule has 0 aliphatic carbocycles. The molecule has 0 heterocycles. The molecule has 0 spiro atoms. The molecule has 0 radical (unpaired) electrons. The highest BCUT2D eigenvalue weighted by Crippen LogP contribution is 2.17. The maximum Gasteiger partial charge on any atom is 0.274 e. The lowest BCUT2D eigenvalue weighted by atomic mass is 10.3. The van der Waals surface area contributed by atoms with Crippen LogP contribution in [-0.4, -0.2) is 12.0 Å². The SMILES string of the molecule is CC(Oc1ccc(Br)cc1)C(=O)NN. The molecule has 0 saturated carbocycles. The Kier molecular flexibility index (Phi) is 3.91. The van der Waals surface area contributed by atoms with Crippen LogP contribution in [0.25, 0.3) is 0 Å². The average Bonchev–Trinajstić information content (AvgIpc) is 2.20. The number of carbonyl (C=O) groups excluding carboxylic acids is 1. The third-order valence-electron chi connectivity index (χ3n) is 1.64. The van der Waals surface area contributed by atoms with Crippen LogP contribution in [0.4, 0.5) is 0 Å². The molecule has 1 rings (SSSR count). The third kappa shape index (κ3) is 3.01. The van der Waals surface area contributed by atoms with Crippen LogP contribution in [0.5, 0.6) is 5.75 Å². The summed E-state index contributed by atoms with van der Waals surface area (Å²) in [5.41, 5.74) is 2.02. The van der Waals surface area contributed by atoms with E-state index >= 15 is 0 Å². The molecule has 0 bridgehead atoms. The number of nitrogens with one attached hydrogen (secondary N) is 1. The first kappa shape index (κ1) is 11.0. The zero-order valence-corrected chi connectivity index (χ0v) is 9.24. The summed E-state index contributed by atoms with van der Waals surface area (Å²) in [5, 5.41) is 0. The second-order valence-corrected chi connectivity index (χ2v) is 3.64. The highest BCUT2D eigenvalue weighted by molar-refractivity contribution is 9.10. The highest BCUT2D eigenvalue weighted by atomic mass is 79.9. The Morgan fingerprint density at radius 3 is 2.57 bits per heavy atom. The maximum atomic E-state index is 11.0. The smallest absolute Gasteiger partial charge is 0.274 e. The fourth-order valence-corrected chi connectivity index (χ4v) is 1.15. The molecule has 4 nitrogen and oxygen atoms in total. The normalized spacial score (nSPS) is 11.9. The van der Waals surface area contributed by atoms with Gasteiger partial charge in [0, 0.05) is 4.47 Å². The Labute approximate surface area is 90.5 Å². The summed E-state index contributed by atoms with van der Waals surface area (Å²) in [5.74, 6) is 5.24. The first-order valence-corrected chi connectivity index (χ1v) is 4.85. The van der Waals surface area contributed by atoms with E-state index < -0.39 is 6.10 Å². The molecule has 1 atom stereocenters. The largest absolute Gasteiger partial charge is 0.481 e. The van der Waals surface area contributed by atoms with E-state index in [1.165, 1.54) is 0 Å². The van der Waals surface area contributed by atoms with Crippen LogP contribution in [0.15, 0.2) is 28.7 Å². The summed E-state index contributed by atoms with van der Waals surface area (Å²) in [4.78, 5) is 11.0. The van der Waals surface area contributed by atoms with Crippen molar-refractivity contribution in [1.29, 1.82) is 0 Å². The van der Waals surface area contributed by atoms with Crippen LogP contribution in [0, 0.1) is 0 Å². The number of benzene rings is 1. The van der Waals surface area contributed by atoms with Gasteiger partial charge in [0.05, 0.1) is 0 Å². The van der Waals surface area contributed by atoms with E-state index in [1.807, 2.05) is 17.6 Å². The number of amides is 1. The molecule has 0 saturated heterocycles. The van der Waals surface area contributed by atoms with E-state index in [1.54, 1.807) is 19.1 Å². The number of ether oxygens (including phenoxy) is 1. The lowest BCUT2D eigenvalue weighted by Crippen LogP contribution is -2.40. The Bertz CT molecular complexity index is 313. The Morgan fingerprint density at radius 1 is 1.50 bits per heavy atom. The first-order chi connectivity index (χ1) is 6.63. The molecule has 1 aromatic carbocycles. The number of halogens is 1. The minimum absolute atomic E-state index is 0.354. The van der Waals surface area contributed by atoms with Gasteiger partial charge in [-0.3, -0.25) is 10.2 Å². The summed E-state index contributed by atoms with van der Waals surface area (Å²) in [6.07, 6.45) is -0.596. The molecule has 3 N–H and O–H groups in total. The Hall–Kier alpha value is -1.07. The topological polar surface area (TPSA) is 64.3 Å². The van der Waals surface area contributed by atoms with Crippen molar-refractivity contribution in [3.05, 3.63) is 28.7 Å².